The van der Waals surface area contributed by atoms with E-state index in [9.17, 15) is 4.79 Å². The first kappa shape index (κ1) is 14.1. The van der Waals surface area contributed by atoms with E-state index in [0.29, 0.717) is 6.54 Å². The number of amides is 1. The largest absolute Gasteiger partial charge is 0.327 e. The number of rotatable bonds is 4. The maximum Gasteiger partial charge on any atom is 0.246 e. The standard InChI is InChI=1S/C18H16BrNO/c1-2-18(19)16(15-11-7-4-8-12-15)20(17(18)21)13-14-9-5-3-6-10-14/h2-12,16H,1,13H2/t16-,18+/m1/s1. The van der Waals surface area contributed by atoms with Gasteiger partial charge in [-0.1, -0.05) is 82.7 Å². The number of carbonyl (C=O) groups is 1. The summed E-state index contributed by atoms with van der Waals surface area (Å²) in [5, 5.41) is 0. The first-order chi connectivity index (χ1) is 10.2. The summed E-state index contributed by atoms with van der Waals surface area (Å²) < 4.78 is -0.691. The summed E-state index contributed by atoms with van der Waals surface area (Å²) in [4.78, 5) is 14.4. The summed E-state index contributed by atoms with van der Waals surface area (Å²) in [5.74, 6) is 0.0650. The molecular formula is C18H16BrNO. The topological polar surface area (TPSA) is 20.3 Å². The molecule has 0 unspecified atom stereocenters. The Morgan fingerprint density at radius 3 is 2.24 bits per heavy atom. The third kappa shape index (κ3) is 2.32. The van der Waals surface area contributed by atoms with Gasteiger partial charge in [-0.05, 0) is 11.1 Å². The Bertz CT molecular complexity index is 655. The maximum atomic E-state index is 12.5. The molecule has 0 aliphatic carbocycles. The number of carbonyl (C=O) groups excluding carboxylic acids is 1. The van der Waals surface area contributed by atoms with Gasteiger partial charge in [-0.3, -0.25) is 4.79 Å². The summed E-state index contributed by atoms with van der Waals surface area (Å²) >= 11 is 3.58. The Labute approximate surface area is 133 Å². The van der Waals surface area contributed by atoms with E-state index in [-0.39, 0.29) is 11.9 Å². The number of halogens is 1. The number of β-lactam (4-membered cyclic amide) rings is 1. The molecule has 0 spiro atoms. The molecule has 1 amide bonds. The zero-order valence-electron chi connectivity index (χ0n) is 11.6. The van der Waals surface area contributed by atoms with Gasteiger partial charge in [0.1, 0.15) is 4.32 Å². The Morgan fingerprint density at radius 2 is 1.67 bits per heavy atom. The highest BCUT2D eigenvalue weighted by Crippen LogP contribution is 2.50. The highest BCUT2D eigenvalue weighted by atomic mass is 79.9. The molecule has 0 saturated carbocycles. The third-order valence-electron chi connectivity index (χ3n) is 3.91. The number of hydrogen-bond donors (Lipinski definition) is 0. The number of nitrogens with zero attached hydrogens (tertiary/aromatic N) is 1. The molecular weight excluding hydrogens is 326 g/mol. The Hall–Kier alpha value is -1.87. The van der Waals surface area contributed by atoms with Crippen molar-refractivity contribution in [2.75, 3.05) is 0 Å². The maximum absolute atomic E-state index is 12.5. The second kappa shape index (κ2) is 5.49. The highest BCUT2D eigenvalue weighted by Gasteiger charge is 2.57. The normalized spacial score (nSPS) is 24.5. The van der Waals surface area contributed by atoms with Crippen molar-refractivity contribution in [3.8, 4) is 0 Å². The quantitative estimate of drug-likeness (QED) is 0.466. The fraction of sp³-hybridized carbons (Fsp3) is 0.167. The van der Waals surface area contributed by atoms with Gasteiger partial charge in [0.15, 0.2) is 0 Å². The molecule has 3 rings (SSSR count). The number of benzene rings is 2. The number of hydrogen-bond acceptors (Lipinski definition) is 1. The van der Waals surface area contributed by atoms with E-state index < -0.39 is 4.32 Å². The summed E-state index contributed by atoms with van der Waals surface area (Å²) in [6.45, 7) is 4.44. The summed E-state index contributed by atoms with van der Waals surface area (Å²) in [6.07, 6.45) is 1.70. The second-order valence-electron chi connectivity index (χ2n) is 5.20. The van der Waals surface area contributed by atoms with Gasteiger partial charge < -0.3 is 4.90 Å². The molecule has 0 radical (unpaired) electrons. The van der Waals surface area contributed by atoms with Gasteiger partial charge in [0.25, 0.3) is 0 Å². The van der Waals surface area contributed by atoms with Crippen LogP contribution >= 0.6 is 15.9 Å². The molecule has 0 N–H and O–H groups in total. The van der Waals surface area contributed by atoms with E-state index in [2.05, 4.69) is 34.6 Å². The van der Waals surface area contributed by atoms with E-state index in [1.165, 1.54) is 0 Å². The molecule has 21 heavy (non-hydrogen) atoms. The van der Waals surface area contributed by atoms with Crippen molar-refractivity contribution in [3.05, 3.63) is 84.4 Å². The van der Waals surface area contributed by atoms with Crippen molar-refractivity contribution in [3.63, 3.8) is 0 Å². The van der Waals surface area contributed by atoms with Gasteiger partial charge in [0.2, 0.25) is 5.91 Å². The fourth-order valence-electron chi connectivity index (χ4n) is 2.81. The smallest absolute Gasteiger partial charge is 0.246 e. The van der Waals surface area contributed by atoms with Crippen LogP contribution in [-0.2, 0) is 11.3 Å². The van der Waals surface area contributed by atoms with Crippen LogP contribution in [0, 0.1) is 0 Å². The molecule has 2 nitrogen and oxygen atoms in total. The molecule has 2 atom stereocenters. The van der Waals surface area contributed by atoms with Crippen molar-refractivity contribution >= 4 is 21.8 Å². The van der Waals surface area contributed by atoms with Crippen LogP contribution in [0.25, 0.3) is 0 Å². The van der Waals surface area contributed by atoms with Crippen LogP contribution in [0.3, 0.4) is 0 Å². The predicted molar refractivity (Wildman–Crippen MR) is 88.0 cm³/mol. The van der Waals surface area contributed by atoms with Crippen LogP contribution in [0.2, 0.25) is 0 Å². The molecule has 1 fully saturated rings. The molecule has 1 aliphatic heterocycles. The molecule has 106 valence electrons. The van der Waals surface area contributed by atoms with E-state index in [0.717, 1.165) is 11.1 Å². The van der Waals surface area contributed by atoms with Gasteiger partial charge in [0, 0.05) is 6.54 Å². The lowest BCUT2D eigenvalue weighted by atomic mass is 9.82. The first-order valence-electron chi connectivity index (χ1n) is 6.89. The molecule has 2 aromatic carbocycles. The molecule has 1 aliphatic rings. The zero-order chi connectivity index (χ0) is 14.9. The number of alkyl halides is 1. The van der Waals surface area contributed by atoms with Gasteiger partial charge >= 0.3 is 0 Å². The van der Waals surface area contributed by atoms with Crippen molar-refractivity contribution in [1.29, 1.82) is 0 Å². The van der Waals surface area contributed by atoms with E-state index in [1.54, 1.807) is 6.08 Å². The molecule has 1 heterocycles. The molecule has 1 saturated heterocycles. The lowest BCUT2D eigenvalue weighted by Gasteiger charge is -2.52. The van der Waals surface area contributed by atoms with Crippen LogP contribution < -0.4 is 0 Å². The van der Waals surface area contributed by atoms with Crippen LogP contribution in [0.15, 0.2) is 73.3 Å². The lowest BCUT2D eigenvalue weighted by Crippen LogP contribution is -2.63. The minimum atomic E-state index is -0.691. The van der Waals surface area contributed by atoms with Crippen molar-refractivity contribution < 1.29 is 4.79 Å². The van der Waals surface area contributed by atoms with E-state index in [4.69, 9.17) is 0 Å². The SMILES string of the molecule is C=C[C@@]1(Br)C(=O)N(Cc2ccccc2)[C@@H]1c1ccccc1. The molecule has 0 bridgehead atoms. The van der Waals surface area contributed by atoms with Gasteiger partial charge in [0.05, 0.1) is 6.04 Å². The first-order valence-corrected chi connectivity index (χ1v) is 7.68. The second-order valence-corrected chi connectivity index (χ2v) is 6.52. The van der Waals surface area contributed by atoms with E-state index >= 15 is 0 Å². The fourth-order valence-corrected chi connectivity index (χ4v) is 3.55. The minimum absolute atomic E-state index is 0.0242. The zero-order valence-corrected chi connectivity index (χ0v) is 13.2. The lowest BCUT2D eigenvalue weighted by molar-refractivity contribution is -0.150. The highest BCUT2D eigenvalue weighted by molar-refractivity contribution is 9.10. The van der Waals surface area contributed by atoms with E-state index in [1.807, 2.05) is 53.4 Å². The summed E-state index contributed by atoms with van der Waals surface area (Å²) in [7, 11) is 0. The van der Waals surface area contributed by atoms with Gasteiger partial charge in [-0.15, -0.1) is 6.58 Å². The Balaban J connectivity index is 1.92. The van der Waals surface area contributed by atoms with Crippen LogP contribution in [0.5, 0.6) is 0 Å². The number of likely N-dealkylation sites (tertiary alicyclic amines) is 1. The molecule has 0 aromatic heterocycles. The van der Waals surface area contributed by atoms with Gasteiger partial charge in [-0.2, -0.15) is 0 Å². The van der Waals surface area contributed by atoms with Crippen molar-refractivity contribution in [2.24, 2.45) is 0 Å². The Kier molecular flexibility index (Phi) is 3.68. The Morgan fingerprint density at radius 1 is 1.10 bits per heavy atom. The average Bonchev–Trinajstić information content (AvgIpc) is 2.55. The predicted octanol–water partition coefficient (Wildman–Crippen LogP) is 4.09. The summed E-state index contributed by atoms with van der Waals surface area (Å²) in [5.41, 5.74) is 2.25. The van der Waals surface area contributed by atoms with Gasteiger partial charge in [-0.25, -0.2) is 0 Å². The van der Waals surface area contributed by atoms with Crippen molar-refractivity contribution in [1.82, 2.24) is 4.90 Å². The third-order valence-corrected chi connectivity index (χ3v) is 5.00. The molecule has 2 aromatic rings. The molecule has 3 heteroatoms. The monoisotopic (exact) mass is 341 g/mol. The van der Waals surface area contributed by atoms with Crippen LogP contribution in [0.1, 0.15) is 17.2 Å². The van der Waals surface area contributed by atoms with Crippen LogP contribution in [0.4, 0.5) is 0 Å². The summed E-state index contributed by atoms with van der Waals surface area (Å²) in [6, 6.07) is 20.1. The minimum Gasteiger partial charge on any atom is -0.327 e. The van der Waals surface area contributed by atoms with Crippen molar-refractivity contribution in [2.45, 2.75) is 16.9 Å². The van der Waals surface area contributed by atoms with Crippen LogP contribution in [-0.4, -0.2) is 15.1 Å². The average molecular weight is 342 g/mol.